The van der Waals surface area contributed by atoms with E-state index in [-0.39, 0.29) is 11.8 Å². The number of aromatic nitrogens is 1. The number of para-hydroxylation sites is 3. The highest BCUT2D eigenvalue weighted by molar-refractivity contribution is 7.16. The zero-order valence-corrected chi connectivity index (χ0v) is 54.5. The molecule has 0 saturated carbocycles. The van der Waals surface area contributed by atoms with E-state index in [1.807, 2.05) is 12.1 Å². The first-order valence-electron chi connectivity index (χ1n) is 33.6. The average molecular weight is 1250 g/mol. The van der Waals surface area contributed by atoms with Gasteiger partial charge >= 0.3 is 0 Å². The van der Waals surface area contributed by atoms with Gasteiger partial charge in [0.25, 0.3) is 0 Å². The van der Waals surface area contributed by atoms with E-state index in [4.69, 9.17) is 8.83 Å². The van der Waals surface area contributed by atoms with Gasteiger partial charge in [-0.25, -0.2) is 0 Å². The Bertz CT molecular complexity index is 5880. The number of fused-ring (bicyclic) bond motifs is 9. The molecule has 456 valence electrons. The molecular weight excluding hydrogens is 1190 g/mol. The van der Waals surface area contributed by atoms with Gasteiger partial charge in [0.15, 0.2) is 8.07 Å². The van der Waals surface area contributed by atoms with E-state index in [1.165, 1.54) is 92.9 Å². The predicted octanol–water partition coefficient (Wildman–Crippen LogP) is 22.6. The van der Waals surface area contributed by atoms with Crippen LogP contribution in [0.3, 0.4) is 0 Å². The second kappa shape index (κ2) is 22.6. The van der Waals surface area contributed by atoms with E-state index in [0.717, 1.165) is 88.3 Å². The van der Waals surface area contributed by atoms with Crippen LogP contribution >= 0.6 is 0 Å². The molecule has 2 unspecified atom stereocenters. The van der Waals surface area contributed by atoms with Gasteiger partial charge in [-0.3, -0.25) is 0 Å². The molecular formula is C93H63NO2Si. The molecule has 0 N–H and O–H groups in total. The summed E-state index contributed by atoms with van der Waals surface area (Å²) in [5.41, 5.74) is 26.8. The number of allylic oxidation sites excluding steroid dienone is 5. The Hall–Kier alpha value is -12.1. The van der Waals surface area contributed by atoms with Gasteiger partial charge in [-0.15, -0.1) is 0 Å². The second-order valence-electron chi connectivity index (χ2n) is 26.1. The Balaban J connectivity index is 0.845. The topological polar surface area (TPSA) is 31.2 Å². The maximum atomic E-state index is 6.44. The molecule has 0 spiro atoms. The van der Waals surface area contributed by atoms with E-state index in [2.05, 4.69) is 346 Å². The van der Waals surface area contributed by atoms with Crippen LogP contribution in [0.5, 0.6) is 0 Å². The molecule has 14 aromatic carbocycles. The quantitative estimate of drug-likeness (QED) is 0.0693. The first kappa shape index (κ1) is 56.5. The summed E-state index contributed by atoms with van der Waals surface area (Å²) >= 11 is 0. The summed E-state index contributed by atoms with van der Waals surface area (Å²) in [5, 5.41) is 12.1. The molecule has 0 saturated heterocycles. The summed E-state index contributed by atoms with van der Waals surface area (Å²) in [6.07, 6.45) is 4.50. The van der Waals surface area contributed by atoms with Crippen LogP contribution in [0.2, 0.25) is 0 Å². The highest BCUT2D eigenvalue weighted by Crippen LogP contribution is 2.60. The molecule has 2 bridgehead atoms. The Morgan fingerprint density at radius 3 is 1.40 bits per heavy atom. The minimum absolute atomic E-state index is 0.0127. The largest absolute Gasteiger partial charge is 0.456 e. The van der Waals surface area contributed by atoms with Gasteiger partial charge in [0, 0.05) is 44.2 Å². The van der Waals surface area contributed by atoms with Gasteiger partial charge in [0.2, 0.25) is 0 Å². The minimum atomic E-state index is -3.41. The highest BCUT2D eigenvalue weighted by atomic mass is 28.3. The predicted molar refractivity (Wildman–Crippen MR) is 408 cm³/mol. The molecule has 3 aromatic heterocycles. The standard InChI is InChI=1S/C93H63NO2Si/c1-3-26-88(97(67-31-12-6-13-32-67,68-33-14-7-15-34-68)69-54-65(60-27-8-4-9-28-60)53-66(55-69)61-29-10-5-11-30-61)90-59(2)89-75-38-16-17-39-76(75)93(90)92-77(89)42-25-44-83(92)94-81-43-21-18-35-72(81)78-58-64(47-50-82(78)94)91-70(62-48-51-86-79(56-62)73-36-19-22-45-84(73)95-86)40-24-41-71(91)63-49-52-87-80(57-63)74-37-20-23-46-85(74)96-87/h3-58,89,93H,1H2,2H3/b88-26+. The number of benzene rings is 14. The van der Waals surface area contributed by atoms with Crippen LogP contribution in [0, 0.1) is 0 Å². The third-order valence-corrected chi connectivity index (χ3v) is 25.9. The molecule has 2 atom stereocenters. The van der Waals surface area contributed by atoms with Gasteiger partial charge < -0.3 is 13.4 Å². The summed E-state index contributed by atoms with van der Waals surface area (Å²) < 4.78 is 15.5. The second-order valence-corrected chi connectivity index (χ2v) is 29.9. The Labute approximate surface area is 564 Å². The lowest BCUT2D eigenvalue weighted by molar-refractivity contribution is 0.668. The lowest BCUT2D eigenvalue weighted by Crippen LogP contribution is -2.69. The summed E-state index contributed by atoms with van der Waals surface area (Å²) in [4.78, 5) is 0. The Morgan fingerprint density at radius 2 is 0.814 bits per heavy atom. The zero-order chi connectivity index (χ0) is 64.3. The normalized spacial score (nSPS) is 14.5. The van der Waals surface area contributed by atoms with Crippen LogP contribution in [0.1, 0.15) is 41.0 Å². The summed E-state index contributed by atoms with van der Waals surface area (Å²) in [6, 6.07) is 122. The molecule has 3 nitrogen and oxygen atoms in total. The summed E-state index contributed by atoms with van der Waals surface area (Å²) in [7, 11) is -3.41. The van der Waals surface area contributed by atoms with Crippen molar-refractivity contribution in [3.8, 4) is 61.3 Å². The molecule has 0 fully saturated rings. The van der Waals surface area contributed by atoms with E-state index in [9.17, 15) is 0 Å². The molecule has 0 radical (unpaired) electrons. The van der Waals surface area contributed by atoms with Crippen molar-refractivity contribution in [2.75, 3.05) is 0 Å². The van der Waals surface area contributed by atoms with Crippen LogP contribution in [0.4, 0.5) is 0 Å². The number of furan rings is 2. The maximum absolute atomic E-state index is 6.44. The molecule has 3 aliphatic rings. The summed E-state index contributed by atoms with van der Waals surface area (Å²) in [5.74, 6) is -0.163. The van der Waals surface area contributed by atoms with E-state index < -0.39 is 8.07 Å². The van der Waals surface area contributed by atoms with Crippen molar-refractivity contribution in [2.45, 2.75) is 18.8 Å². The molecule has 0 aliphatic heterocycles. The summed E-state index contributed by atoms with van der Waals surface area (Å²) in [6.45, 7) is 7.09. The molecule has 3 aliphatic carbocycles. The lowest BCUT2D eigenvalue weighted by atomic mass is 9.60. The molecule has 20 rings (SSSR count). The van der Waals surface area contributed by atoms with E-state index in [1.54, 1.807) is 0 Å². The van der Waals surface area contributed by atoms with E-state index >= 15 is 0 Å². The third kappa shape index (κ3) is 8.73. The molecule has 4 heteroatoms. The highest BCUT2D eigenvalue weighted by Gasteiger charge is 2.51. The van der Waals surface area contributed by atoms with Gasteiger partial charge in [-0.2, -0.15) is 0 Å². The van der Waals surface area contributed by atoms with Gasteiger partial charge in [0.05, 0.1) is 16.7 Å². The first-order chi connectivity index (χ1) is 48.0. The fraction of sp³-hybridized carbons (Fsp3) is 0.0323. The van der Waals surface area contributed by atoms with Crippen molar-refractivity contribution < 1.29 is 8.83 Å². The molecule has 97 heavy (non-hydrogen) atoms. The van der Waals surface area contributed by atoms with Crippen LogP contribution in [0.15, 0.2) is 371 Å². The number of nitrogens with zero attached hydrogens (tertiary/aromatic N) is 1. The third-order valence-electron chi connectivity index (χ3n) is 21.1. The lowest BCUT2D eigenvalue weighted by Gasteiger charge is -2.48. The monoisotopic (exact) mass is 1250 g/mol. The molecule has 17 aromatic rings. The number of rotatable bonds is 12. The van der Waals surface area contributed by atoms with Crippen LogP contribution < -0.4 is 15.6 Å². The van der Waals surface area contributed by atoms with Crippen LogP contribution in [-0.2, 0) is 0 Å². The SMILES string of the molecule is C=C/C=C(\C1=C(C)C2c3ccccc3C1c1c2cccc1-n1c2ccccc2c2cc(-c3c(-c4ccc5oc6ccccc6c5c4)cccc3-c3ccc4oc5ccccc5c4c3)ccc21)[Si](c1ccccc1)(c1ccccc1)c1cc(-c2ccccc2)cc(-c2ccccc2)c1. The van der Waals surface area contributed by atoms with Crippen molar-refractivity contribution in [1.82, 2.24) is 4.57 Å². The fourth-order valence-corrected chi connectivity index (χ4v) is 22.2. The Morgan fingerprint density at radius 1 is 0.351 bits per heavy atom. The zero-order valence-electron chi connectivity index (χ0n) is 53.5. The average Bonchev–Trinajstić information content (AvgIpc) is 0.887. The smallest absolute Gasteiger partial charge is 0.179 e. The van der Waals surface area contributed by atoms with Crippen molar-refractivity contribution >= 4 is 89.3 Å². The number of hydrogen-bond donors (Lipinski definition) is 0. The van der Waals surface area contributed by atoms with E-state index in [0.29, 0.717) is 0 Å². The van der Waals surface area contributed by atoms with Crippen molar-refractivity contribution in [2.24, 2.45) is 0 Å². The number of hydrogen-bond acceptors (Lipinski definition) is 2. The van der Waals surface area contributed by atoms with Crippen molar-refractivity contribution in [3.63, 3.8) is 0 Å². The molecule has 0 amide bonds. The van der Waals surface area contributed by atoms with Crippen LogP contribution in [-0.4, -0.2) is 12.6 Å². The Kier molecular flexibility index (Phi) is 13.1. The van der Waals surface area contributed by atoms with Gasteiger partial charge in [0.1, 0.15) is 22.3 Å². The van der Waals surface area contributed by atoms with Crippen molar-refractivity contribution in [3.05, 3.63) is 385 Å². The maximum Gasteiger partial charge on any atom is 0.179 e. The van der Waals surface area contributed by atoms with Gasteiger partial charge in [-0.1, -0.05) is 285 Å². The van der Waals surface area contributed by atoms with Crippen molar-refractivity contribution in [1.29, 1.82) is 0 Å². The first-order valence-corrected chi connectivity index (χ1v) is 35.6. The fourth-order valence-electron chi connectivity index (χ4n) is 17.0. The van der Waals surface area contributed by atoms with Crippen LogP contribution in [0.25, 0.3) is 127 Å². The minimum Gasteiger partial charge on any atom is -0.456 e. The van der Waals surface area contributed by atoms with Gasteiger partial charge in [-0.05, 0) is 178 Å². The molecule has 3 heterocycles.